The van der Waals surface area contributed by atoms with Crippen molar-refractivity contribution in [3.05, 3.63) is 194 Å². The SMILES string of the molecule is c1ccc2cc(-c3nc(-c4ccc5ccccc5c4)nc(-n4c5c(-c6cccc7c6oc6ccccc67)cccc5c5c6ccccc6c6ccccc6c54)n3)ccc2c1. The maximum Gasteiger partial charge on any atom is 0.238 e. The smallest absolute Gasteiger partial charge is 0.238 e. The van der Waals surface area contributed by atoms with Gasteiger partial charge in [-0.3, -0.25) is 4.57 Å². The second-order valence-electron chi connectivity index (χ2n) is 15.5. The molecule has 10 aromatic carbocycles. The highest BCUT2D eigenvalue weighted by Crippen LogP contribution is 2.46. The van der Waals surface area contributed by atoms with Gasteiger partial charge >= 0.3 is 0 Å². The zero-order chi connectivity index (χ0) is 39.3. The molecule has 0 aliphatic rings. The van der Waals surface area contributed by atoms with Crippen LogP contribution in [0.3, 0.4) is 0 Å². The first-order valence-electron chi connectivity index (χ1n) is 20.3. The van der Waals surface area contributed by atoms with Crippen LogP contribution in [0.1, 0.15) is 0 Å². The van der Waals surface area contributed by atoms with Crippen molar-refractivity contribution in [3.8, 4) is 39.9 Å². The summed E-state index contributed by atoms with van der Waals surface area (Å²) >= 11 is 0. The van der Waals surface area contributed by atoms with Crippen LogP contribution in [0.25, 0.3) is 127 Å². The molecule has 0 aliphatic carbocycles. The Morgan fingerprint density at radius 1 is 0.350 bits per heavy atom. The Balaban J connectivity index is 1.21. The second kappa shape index (κ2) is 12.7. The van der Waals surface area contributed by atoms with Crippen LogP contribution in [-0.4, -0.2) is 19.5 Å². The van der Waals surface area contributed by atoms with Gasteiger partial charge in [0.05, 0.1) is 11.0 Å². The van der Waals surface area contributed by atoms with Crippen LogP contribution in [0.5, 0.6) is 0 Å². The number of para-hydroxylation sites is 3. The van der Waals surface area contributed by atoms with E-state index in [-0.39, 0.29) is 0 Å². The second-order valence-corrected chi connectivity index (χ2v) is 15.5. The van der Waals surface area contributed by atoms with Crippen molar-refractivity contribution >= 4 is 86.8 Å². The topological polar surface area (TPSA) is 56.7 Å². The molecule has 0 spiro atoms. The van der Waals surface area contributed by atoms with Crippen molar-refractivity contribution in [3.63, 3.8) is 0 Å². The minimum atomic E-state index is 0.543. The van der Waals surface area contributed by atoms with E-state index in [1.807, 2.05) is 12.1 Å². The Morgan fingerprint density at radius 3 is 1.55 bits per heavy atom. The van der Waals surface area contributed by atoms with Gasteiger partial charge in [-0.15, -0.1) is 0 Å². The molecule has 60 heavy (non-hydrogen) atoms. The van der Waals surface area contributed by atoms with E-state index in [1.165, 1.54) is 16.2 Å². The molecule has 0 aliphatic heterocycles. The Hall–Kier alpha value is -8.15. The molecule has 5 heteroatoms. The Labute approximate surface area is 343 Å². The fourth-order valence-electron chi connectivity index (χ4n) is 9.48. The Bertz CT molecular complexity index is 3820. The lowest BCUT2D eigenvalue weighted by Gasteiger charge is -2.15. The molecule has 5 nitrogen and oxygen atoms in total. The van der Waals surface area contributed by atoms with Crippen molar-refractivity contribution < 1.29 is 4.42 Å². The summed E-state index contributed by atoms with van der Waals surface area (Å²) in [4.78, 5) is 16.2. The number of furan rings is 1. The minimum Gasteiger partial charge on any atom is -0.455 e. The molecule has 3 aromatic heterocycles. The van der Waals surface area contributed by atoms with Crippen molar-refractivity contribution in [2.24, 2.45) is 0 Å². The lowest BCUT2D eigenvalue weighted by atomic mass is 9.95. The third-order valence-electron chi connectivity index (χ3n) is 12.2. The van der Waals surface area contributed by atoms with Gasteiger partial charge in [0, 0.05) is 49.2 Å². The molecule has 0 fully saturated rings. The highest BCUT2D eigenvalue weighted by Gasteiger charge is 2.25. The van der Waals surface area contributed by atoms with Crippen molar-refractivity contribution in [2.75, 3.05) is 0 Å². The standard InChI is InChI=1S/C55H32N4O/c1-3-15-35-31-37(29-27-33(35)13-1)53-56-54(38-30-28-34-14-2-4-16-36(34)32-38)58-55(57-53)59-50-44(46-24-12-23-45-41-19-9-10-26-48(41)60-52(45)46)22-11-25-47(50)49-42-20-7-5-17-39(42)40-18-6-8-21-43(40)51(49)59/h1-32H. The minimum absolute atomic E-state index is 0.543. The molecule has 0 radical (unpaired) electrons. The van der Waals surface area contributed by atoms with Gasteiger partial charge in [0.1, 0.15) is 11.2 Å². The maximum absolute atomic E-state index is 6.72. The number of rotatable bonds is 4. The lowest BCUT2D eigenvalue weighted by Crippen LogP contribution is -2.07. The van der Waals surface area contributed by atoms with Crippen LogP contribution in [0.2, 0.25) is 0 Å². The van der Waals surface area contributed by atoms with Gasteiger partial charge in [-0.25, -0.2) is 4.98 Å². The van der Waals surface area contributed by atoms with Crippen LogP contribution < -0.4 is 0 Å². The normalized spacial score (nSPS) is 12.0. The zero-order valence-corrected chi connectivity index (χ0v) is 32.2. The summed E-state index contributed by atoms with van der Waals surface area (Å²) in [5, 5.41) is 13.7. The first kappa shape index (κ1) is 32.9. The molecule has 0 saturated carbocycles. The summed E-state index contributed by atoms with van der Waals surface area (Å²) in [6, 6.07) is 68.5. The van der Waals surface area contributed by atoms with E-state index < -0.39 is 0 Å². The number of fused-ring (bicyclic) bond motifs is 13. The maximum atomic E-state index is 6.72. The number of hydrogen-bond acceptors (Lipinski definition) is 4. The molecule has 0 unspecified atom stereocenters. The largest absolute Gasteiger partial charge is 0.455 e. The van der Waals surface area contributed by atoms with E-state index in [1.54, 1.807) is 0 Å². The predicted molar refractivity (Wildman–Crippen MR) is 248 cm³/mol. The average molecular weight is 765 g/mol. The third-order valence-corrected chi connectivity index (χ3v) is 12.2. The highest BCUT2D eigenvalue weighted by atomic mass is 16.3. The summed E-state index contributed by atoms with van der Waals surface area (Å²) in [7, 11) is 0. The van der Waals surface area contributed by atoms with E-state index in [2.05, 4.69) is 187 Å². The molecule has 0 saturated heterocycles. The lowest BCUT2D eigenvalue weighted by molar-refractivity contribution is 0.670. The number of nitrogens with zero attached hydrogens (tertiary/aromatic N) is 4. The quantitative estimate of drug-likeness (QED) is 0.167. The summed E-state index contributed by atoms with van der Waals surface area (Å²) < 4.78 is 9.02. The Morgan fingerprint density at radius 2 is 0.867 bits per heavy atom. The Kier molecular flexibility index (Phi) is 6.95. The molecule has 0 atom stereocenters. The van der Waals surface area contributed by atoms with Crippen LogP contribution in [0.4, 0.5) is 0 Å². The van der Waals surface area contributed by atoms with Gasteiger partial charge in [0.15, 0.2) is 11.6 Å². The van der Waals surface area contributed by atoms with Crippen LogP contribution >= 0.6 is 0 Å². The van der Waals surface area contributed by atoms with E-state index in [9.17, 15) is 0 Å². The molecular weight excluding hydrogens is 733 g/mol. The number of benzene rings is 10. The fourth-order valence-corrected chi connectivity index (χ4v) is 9.48. The fraction of sp³-hybridized carbons (Fsp3) is 0. The van der Waals surface area contributed by atoms with E-state index in [0.717, 1.165) is 92.9 Å². The van der Waals surface area contributed by atoms with Crippen LogP contribution in [0.15, 0.2) is 199 Å². The summed E-state index contributed by atoms with van der Waals surface area (Å²) in [5.41, 5.74) is 7.63. The molecule has 13 rings (SSSR count). The van der Waals surface area contributed by atoms with E-state index >= 15 is 0 Å². The number of hydrogen-bond donors (Lipinski definition) is 0. The van der Waals surface area contributed by atoms with Gasteiger partial charge in [-0.05, 0) is 55.9 Å². The summed E-state index contributed by atoms with van der Waals surface area (Å²) in [5.74, 6) is 1.75. The van der Waals surface area contributed by atoms with Gasteiger partial charge in [-0.1, -0.05) is 176 Å². The predicted octanol–water partition coefficient (Wildman–Crippen LogP) is 14.5. The van der Waals surface area contributed by atoms with E-state index in [0.29, 0.717) is 17.6 Å². The number of aromatic nitrogens is 4. The van der Waals surface area contributed by atoms with Gasteiger partial charge in [0.25, 0.3) is 0 Å². The van der Waals surface area contributed by atoms with Gasteiger partial charge in [-0.2, -0.15) is 9.97 Å². The van der Waals surface area contributed by atoms with Crippen molar-refractivity contribution in [1.29, 1.82) is 0 Å². The molecule has 0 amide bonds. The molecule has 278 valence electrons. The first-order chi connectivity index (χ1) is 29.7. The zero-order valence-electron chi connectivity index (χ0n) is 32.2. The van der Waals surface area contributed by atoms with Crippen LogP contribution in [0, 0.1) is 0 Å². The van der Waals surface area contributed by atoms with Crippen molar-refractivity contribution in [2.45, 2.75) is 0 Å². The van der Waals surface area contributed by atoms with Gasteiger partial charge < -0.3 is 4.42 Å². The molecule has 13 aromatic rings. The molecule has 3 heterocycles. The highest BCUT2D eigenvalue weighted by molar-refractivity contribution is 6.33. The van der Waals surface area contributed by atoms with Crippen LogP contribution in [-0.2, 0) is 0 Å². The summed E-state index contributed by atoms with van der Waals surface area (Å²) in [6.07, 6.45) is 0. The van der Waals surface area contributed by atoms with Gasteiger partial charge in [0.2, 0.25) is 5.95 Å². The third kappa shape index (κ3) is 4.84. The average Bonchev–Trinajstić information content (AvgIpc) is 3.88. The molecule has 0 bridgehead atoms. The summed E-state index contributed by atoms with van der Waals surface area (Å²) in [6.45, 7) is 0. The molecular formula is C55H32N4O. The molecule has 0 N–H and O–H groups in total. The first-order valence-corrected chi connectivity index (χ1v) is 20.3. The van der Waals surface area contributed by atoms with E-state index in [4.69, 9.17) is 19.4 Å². The monoisotopic (exact) mass is 764 g/mol. The van der Waals surface area contributed by atoms with Crippen molar-refractivity contribution in [1.82, 2.24) is 19.5 Å².